The largest absolute Gasteiger partial charge is 0.341 e. The number of aromatic nitrogens is 1. The Bertz CT molecular complexity index is 615. The van der Waals surface area contributed by atoms with Gasteiger partial charge in [-0.2, -0.15) is 0 Å². The van der Waals surface area contributed by atoms with E-state index in [2.05, 4.69) is 16.0 Å². The molecule has 1 aliphatic heterocycles. The van der Waals surface area contributed by atoms with Crippen molar-refractivity contribution in [3.05, 3.63) is 29.3 Å². The molecular formula is C17H23N3OS. The van der Waals surface area contributed by atoms with E-state index in [1.165, 1.54) is 11.1 Å². The molecule has 4 nitrogen and oxygen atoms in total. The van der Waals surface area contributed by atoms with Crippen molar-refractivity contribution in [3.63, 3.8) is 0 Å². The molecule has 1 aromatic carbocycles. The minimum absolute atomic E-state index is 0.0925. The Morgan fingerprint density at radius 2 is 2.05 bits per heavy atom. The van der Waals surface area contributed by atoms with E-state index >= 15 is 0 Å². The van der Waals surface area contributed by atoms with Gasteiger partial charge in [0.05, 0.1) is 22.8 Å². The molecule has 5 heteroatoms. The predicted octanol–water partition coefficient (Wildman–Crippen LogP) is 3.13. The second kappa shape index (κ2) is 6.75. The predicted molar refractivity (Wildman–Crippen MR) is 91.0 cm³/mol. The van der Waals surface area contributed by atoms with Crippen molar-refractivity contribution in [3.8, 4) is 0 Å². The summed E-state index contributed by atoms with van der Waals surface area (Å²) in [5.41, 5.74) is 1.05. The van der Waals surface area contributed by atoms with Crippen LogP contribution in [0.3, 0.4) is 0 Å². The first-order chi connectivity index (χ1) is 10.6. The summed E-state index contributed by atoms with van der Waals surface area (Å²) in [6.07, 6.45) is 3.53. The summed E-state index contributed by atoms with van der Waals surface area (Å²) in [6.45, 7) is 4.56. The molecule has 3 rings (SSSR count). The Morgan fingerprint density at radius 3 is 2.77 bits per heavy atom. The third-order valence-electron chi connectivity index (χ3n) is 4.41. The van der Waals surface area contributed by atoms with Crippen molar-refractivity contribution < 1.29 is 4.79 Å². The highest BCUT2D eigenvalue weighted by Crippen LogP contribution is 2.23. The average molecular weight is 317 g/mol. The fourth-order valence-corrected chi connectivity index (χ4v) is 3.94. The zero-order valence-electron chi connectivity index (χ0n) is 13.3. The molecule has 0 N–H and O–H groups in total. The van der Waals surface area contributed by atoms with Crippen LogP contribution in [-0.4, -0.2) is 46.9 Å². The number of rotatable bonds is 4. The molecule has 1 amide bonds. The van der Waals surface area contributed by atoms with E-state index in [0.29, 0.717) is 0 Å². The van der Waals surface area contributed by atoms with Crippen LogP contribution in [-0.2, 0) is 11.3 Å². The number of nitrogens with zero attached hydrogens (tertiary/aromatic N) is 3. The molecular weight excluding hydrogens is 294 g/mol. The van der Waals surface area contributed by atoms with Gasteiger partial charge in [0, 0.05) is 13.1 Å². The number of piperidine rings is 1. The van der Waals surface area contributed by atoms with E-state index < -0.39 is 0 Å². The van der Waals surface area contributed by atoms with E-state index in [1.54, 1.807) is 11.3 Å². The van der Waals surface area contributed by atoms with Crippen LogP contribution in [0.5, 0.6) is 0 Å². The number of thiazole rings is 1. The Balaban J connectivity index is 1.64. The highest BCUT2D eigenvalue weighted by atomic mass is 32.1. The number of benzene rings is 1. The lowest BCUT2D eigenvalue weighted by Crippen LogP contribution is -2.47. The molecule has 2 aromatic rings. The summed E-state index contributed by atoms with van der Waals surface area (Å²) >= 11 is 1.71. The number of fused-ring (bicyclic) bond motifs is 1. The first-order valence-electron chi connectivity index (χ1n) is 7.98. The van der Waals surface area contributed by atoms with Crippen LogP contribution in [0.15, 0.2) is 24.3 Å². The molecule has 0 spiro atoms. The van der Waals surface area contributed by atoms with E-state index in [0.717, 1.165) is 43.0 Å². The molecule has 118 valence electrons. The highest BCUT2D eigenvalue weighted by Gasteiger charge is 2.25. The monoisotopic (exact) mass is 317 g/mol. The maximum Gasteiger partial charge on any atom is 0.239 e. The Hall–Kier alpha value is -1.46. The van der Waals surface area contributed by atoms with Crippen LogP contribution in [0.4, 0.5) is 0 Å². The molecule has 0 radical (unpaired) electrons. The summed E-state index contributed by atoms with van der Waals surface area (Å²) in [5.74, 6) is 0.253. The van der Waals surface area contributed by atoms with Gasteiger partial charge in [0.15, 0.2) is 0 Å². The van der Waals surface area contributed by atoms with E-state index in [1.807, 2.05) is 37.1 Å². The Labute approximate surface area is 135 Å². The van der Waals surface area contributed by atoms with Gasteiger partial charge in [-0.05, 0) is 45.4 Å². The molecule has 0 bridgehead atoms. The number of hydrogen-bond acceptors (Lipinski definition) is 4. The molecule has 1 fully saturated rings. The average Bonchev–Trinajstić information content (AvgIpc) is 2.96. The summed E-state index contributed by atoms with van der Waals surface area (Å²) in [4.78, 5) is 21.4. The van der Waals surface area contributed by atoms with E-state index in [-0.39, 0.29) is 11.9 Å². The van der Waals surface area contributed by atoms with Gasteiger partial charge in [-0.3, -0.25) is 9.69 Å². The van der Waals surface area contributed by atoms with Crippen LogP contribution in [0.25, 0.3) is 10.2 Å². The zero-order valence-corrected chi connectivity index (χ0v) is 14.1. The molecule has 0 saturated carbocycles. The summed E-state index contributed by atoms with van der Waals surface area (Å²) in [7, 11) is 2.01. The van der Waals surface area contributed by atoms with Crippen LogP contribution in [0.1, 0.15) is 31.2 Å². The highest BCUT2D eigenvalue weighted by molar-refractivity contribution is 7.18. The number of hydrogen-bond donors (Lipinski definition) is 0. The van der Waals surface area contributed by atoms with E-state index in [4.69, 9.17) is 0 Å². The Morgan fingerprint density at radius 1 is 1.32 bits per heavy atom. The summed E-state index contributed by atoms with van der Waals surface area (Å²) in [5, 5.41) is 1.07. The van der Waals surface area contributed by atoms with Crippen LogP contribution < -0.4 is 0 Å². The maximum absolute atomic E-state index is 12.6. The van der Waals surface area contributed by atoms with Crippen LogP contribution in [0.2, 0.25) is 0 Å². The number of likely N-dealkylation sites (tertiary alicyclic amines) is 1. The maximum atomic E-state index is 12.6. The molecule has 2 heterocycles. The minimum Gasteiger partial charge on any atom is -0.341 e. The smallest absolute Gasteiger partial charge is 0.239 e. The zero-order chi connectivity index (χ0) is 15.5. The first-order valence-corrected chi connectivity index (χ1v) is 8.80. The number of para-hydroxylation sites is 1. The molecule has 1 aliphatic rings. The lowest BCUT2D eigenvalue weighted by Gasteiger charge is -2.32. The quantitative estimate of drug-likeness (QED) is 0.869. The second-order valence-corrected chi connectivity index (χ2v) is 7.17. The third-order valence-corrected chi connectivity index (χ3v) is 5.43. The Kier molecular flexibility index (Phi) is 4.74. The number of carbonyl (C=O) groups is 1. The van der Waals surface area contributed by atoms with Crippen molar-refractivity contribution in [2.45, 2.75) is 38.8 Å². The normalized spacial score (nSPS) is 17.1. The van der Waals surface area contributed by atoms with Crippen molar-refractivity contribution in [1.29, 1.82) is 0 Å². The van der Waals surface area contributed by atoms with Gasteiger partial charge in [0.2, 0.25) is 5.91 Å². The molecule has 1 atom stereocenters. The number of amides is 1. The third kappa shape index (κ3) is 3.31. The van der Waals surface area contributed by atoms with Gasteiger partial charge >= 0.3 is 0 Å². The number of carbonyl (C=O) groups excluding carboxylic acids is 1. The fourth-order valence-electron chi connectivity index (χ4n) is 2.90. The standard InChI is InChI=1S/C17H23N3OS/c1-13(17(21)20-10-6-3-7-11-20)19(2)12-16-18-14-8-4-5-9-15(14)22-16/h4-5,8-9,13H,3,6-7,10-12H2,1-2H3. The SMILES string of the molecule is CC(C(=O)N1CCCCC1)N(C)Cc1nc2ccccc2s1. The van der Waals surface area contributed by atoms with Crippen molar-refractivity contribution in [2.24, 2.45) is 0 Å². The van der Waals surface area contributed by atoms with Crippen LogP contribution in [0, 0.1) is 0 Å². The van der Waals surface area contributed by atoms with Gasteiger partial charge in [0.1, 0.15) is 5.01 Å². The lowest BCUT2D eigenvalue weighted by molar-refractivity contribution is -0.137. The summed E-state index contributed by atoms with van der Waals surface area (Å²) < 4.78 is 1.21. The van der Waals surface area contributed by atoms with Gasteiger partial charge in [-0.1, -0.05) is 12.1 Å². The van der Waals surface area contributed by atoms with Crippen molar-refractivity contribution in [1.82, 2.24) is 14.8 Å². The topological polar surface area (TPSA) is 36.4 Å². The molecule has 1 unspecified atom stereocenters. The minimum atomic E-state index is -0.0925. The van der Waals surface area contributed by atoms with Gasteiger partial charge in [-0.25, -0.2) is 4.98 Å². The van der Waals surface area contributed by atoms with Gasteiger partial charge < -0.3 is 4.90 Å². The number of likely N-dealkylation sites (N-methyl/N-ethyl adjacent to an activating group) is 1. The first kappa shape index (κ1) is 15.4. The lowest BCUT2D eigenvalue weighted by atomic mass is 10.1. The summed E-state index contributed by atoms with van der Waals surface area (Å²) in [6, 6.07) is 8.09. The molecule has 1 saturated heterocycles. The van der Waals surface area contributed by atoms with Crippen LogP contribution >= 0.6 is 11.3 Å². The van der Waals surface area contributed by atoms with Crippen molar-refractivity contribution >= 4 is 27.5 Å². The van der Waals surface area contributed by atoms with Gasteiger partial charge in [-0.15, -0.1) is 11.3 Å². The molecule has 0 aliphatic carbocycles. The van der Waals surface area contributed by atoms with Crippen molar-refractivity contribution in [2.75, 3.05) is 20.1 Å². The molecule has 22 heavy (non-hydrogen) atoms. The second-order valence-electron chi connectivity index (χ2n) is 6.05. The molecule has 1 aromatic heterocycles. The van der Waals surface area contributed by atoms with Gasteiger partial charge in [0.25, 0.3) is 0 Å². The fraction of sp³-hybridized carbons (Fsp3) is 0.529. The van der Waals surface area contributed by atoms with E-state index in [9.17, 15) is 4.79 Å².